The lowest BCUT2D eigenvalue weighted by Crippen LogP contribution is -2.22. The molecule has 2 aromatic rings. The molecule has 0 amide bonds. The maximum Gasteiger partial charge on any atom is 0.141 e. The number of aryl methyl sites for hydroxylation is 1. The van der Waals surface area contributed by atoms with Gasteiger partial charge in [0.1, 0.15) is 5.82 Å². The second kappa shape index (κ2) is 7.21. The first kappa shape index (κ1) is 15.5. The molecule has 0 fully saturated rings. The number of hydrogen-bond acceptors (Lipinski definition) is 2. The van der Waals surface area contributed by atoms with E-state index in [1.165, 1.54) is 15.8 Å². The van der Waals surface area contributed by atoms with Gasteiger partial charge in [-0.15, -0.1) is 11.3 Å². The van der Waals surface area contributed by atoms with E-state index in [1.54, 1.807) is 6.07 Å². The van der Waals surface area contributed by atoms with Crippen molar-refractivity contribution < 1.29 is 4.39 Å². The summed E-state index contributed by atoms with van der Waals surface area (Å²) in [5, 5.41) is 3.63. The van der Waals surface area contributed by atoms with Crippen LogP contribution in [-0.4, -0.2) is 6.54 Å². The smallest absolute Gasteiger partial charge is 0.141 e. The summed E-state index contributed by atoms with van der Waals surface area (Å²) in [5.41, 5.74) is 1.03. The Morgan fingerprint density at radius 2 is 1.95 bits per heavy atom. The summed E-state index contributed by atoms with van der Waals surface area (Å²) in [6, 6.07) is 9.50. The Balaban J connectivity index is 2.19. The molecule has 1 heterocycles. The minimum Gasteiger partial charge on any atom is -0.310 e. The van der Waals surface area contributed by atoms with Gasteiger partial charge >= 0.3 is 0 Å². The third-order valence-electron chi connectivity index (χ3n) is 3.27. The van der Waals surface area contributed by atoms with Crippen molar-refractivity contribution in [2.24, 2.45) is 0 Å². The minimum atomic E-state index is -0.366. The topological polar surface area (TPSA) is 12.0 Å². The van der Waals surface area contributed by atoms with E-state index in [0.717, 1.165) is 24.9 Å². The molecular formula is C16H19ClFNS. The maximum absolute atomic E-state index is 13.3. The molecule has 1 unspecified atom stereocenters. The van der Waals surface area contributed by atoms with Crippen molar-refractivity contribution in [2.45, 2.75) is 32.7 Å². The van der Waals surface area contributed by atoms with Crippen LogP contribution in [0, 0.1) is 5.82 Å². The summed E-state index contributed by atoms with van der Waals surface area (Å²) in [7, 11) is 0. The summed E-state index contributed by atoms with van der Waals surface area (Å²) in [6.45, 7) is 5.10. The maximum atomic E-state index is 13.3. The first-order chi connectivity index (χ1) is 9.63. The fourth-order valence-corrected chi connectivity index (χ4v) is 3.40. The van der Waals surface area contributed by atoms with E-state index >= 15 is 0 Å². The van der Waals surface area contributed by atoms with Gasteiger partial charge in [0.25, 0.3) is 0 Å². The molecule has 0 spiro atoms. The summed E-state index contributed by atoms with van der Waals surface area (Å²) >= 11 is 7.73. The molecule has 0 radical (unpaired) electrons. The monoisotopic (exact) mass is 311 g/mol. The van der Waals surface area contributed by atoms with Crippen LogP contribution < -0.4 is 5.32 Å². The second-order valence-electron chi connectivity index (χ2n) is 4.71. The number of benzene rings is 1. The average molecular weight is 312 g/mol. The van der Waals surface area contributed by atoms with Crippen LogP contribution >= 0.6 is 22.9 Å². The first-order valence-corrected chi connectivity index (χ1v) is 8.09. The predicted octanol–water partition coefficient (Wildman–Crippen LogP) is 5.00. The molecule has 4 heteroatoms. The van der Waals surface area contributed by atoms with Crippen LogP contribution in [0.2, 0.25) is 5.02 Å². The molecule has 1 N–H and O–H groups in total. The Morgan fingerprint density at radius 3 is 2.55 bits per heavy atom. The highest BCUT2D eigenvalue weighted by molar-refractivity contribution is 7.11. The number of hydrogen-bond donors (Lipinski definition) is 1. The van der Waals surface area contributed by atoms with Gasteiger partial charge in [0.05, 0.1) is 5.02 Å². The third-order valence-corrected chi connectivity index (χ3v) is 4.81. The molecule has 0 aliphatic carbocycles. The molecule has 0 saturated heterocycles. The highest BCUT2D eigenvalue weighted by Crippen LogP contribution is 2.26. The van der Waals surface area contributed by atoms with E-state index in [-0.39, 0.29) is 16.9 Å². The summed E-state index contributed by atoms with van der Waals surface area (Å²) in [5.74, 6) is -0.366. The highest BCUT2D eigenvalue weighted by Gasteiger charge is 2.14. The van der Waals surface area contributed by atoms with Crippen LogP contribution in [0.25, 0.3) is 0 Å². The summed E-state index contributed by atoms with van der Waals surface area (Å²) < 4.78 is 13.3. The predicted molar refractivity (Wildman–Crippen MR) is 85.2 cm³/mol. The quantitative estimate of drug-likeness (QED) is 0.792. The Morgan fingerprint density at radius 1 is 1.20 bits per heavy atom. The molecule has 20 heavy (non-hydrogen) atoms. The number of nitrogens with one attached hydrogen (secondary N) is 1. The molecule has 0 saturated carbocycles. The molecule has 1 aromatic carbocycles. The van der Waals surface area contributed by atoms with Gasteiger partial charge in [-0.1, -0.05) is 31.5 Å². The van der Waals surface area contributed by atoms with Gasteiger partial charge < -0.3 is 5.32 Å². The summed E-state index contributed by atoms with van der Waals surface area (Å²) in [4.78, 5) is 2.74. The van der Waals surface area contributed by atoms with Crippen molar-refractivity contribution >= 4 is 22.9 Å². The van der Waals surface area contributed by atoms with Gasteiger partial charge in [0, 0.05) is 22.2 Å². The molecule has 0 aliphatic heterocycles. The van der Waals surface area contributed by atoms with Gasteiger partial charge in [-0.25, -0.2) is 4.39 Å². The summed E-state index contributed by atoms with van der Waals surface area (Å²) in [6.07, 6.45) is 1.97. The largest absolute Gasteiger partial charge is 0.310 e. The van der Waals surface area contributed by atoms with Crippen LogP contribution in [0.3, 0.4) is 0 Å². The fourth-order valence-electron chi connectivity index (χ4n) is 2.21. The van der Waals surface area contributed by atoms with Crippen molar-refractivity contribution in [3.63, 3.8) is 0 Å². The zero-order valence-corrected chi connectivity index (χ0v) is 13.3. The number of likely N-dealkylation sites (N-methyl/N-ethyl adjacent to an activating group) is 1. The van der Waals surface area contributed by atoms with E-state index < -0.39 is 0 Å². The van der Waals surface area contributed by atoms with Crippen LogP contribution in [0.5, 0.6) is 0 Å². The van der Waals surface area contributed by atoms with Crippen molar-refractivity contribution in [1.82, 2.24) is 5.32 Å². The zero-order valence-electron chi connectivity index (χ0n) is 11.7. The van der Waals surface area contributed by atoms with Crippen LogP contribution in [0.1, 0.15) is 35.2 Å². The number of halogens is 2. The molecule has 108 valence electrons. The minimum absolute atomic E-state index is 0.168. The van der Waals surface area contributed by atoms with Gasteiger partial charge in [0.15, 0.2) is 0 Å². The average Bonchev–Trinajstić information content (AvgIpc) is 2.89. The molecular weight excluding hydrogens is 293 g/mol. The second-order valence-corrected chi connectivity index (χ2v) is 6.37. The highest BCUT2D eigenvalue weighted by atomic mass is 35.5. The van der Waals surface area contributed by atoms with E-state index in [9.17, 15) is 4.39 Å². The SMILES string of the molecule is CCNC(Cc1ccc(CC)s1)c1ccc(F)c(Cl)c1. The Kier molecular flexibility index (Phi) is 5.58. The van der Waals surface area contributed by atoms with Crippen LogP contribution in [0.4, 0.5) is 4.39 Å². The van der Waals surface area contributed by atoms with Gasteiger partial charge in [-0.05, 0) is 42.8 Å². The van der Waals surface area contributed by atoms with E-state index in [2.05, 4.69) is 31.3 Å². The number of rotatable bonds is 6. The molecule has 1 atom stereocenters. The zero-order chi connectivity index (χ0) is 14.5. The Hall–Kier alpha value is -0.900. The lowest BCUT2D eigenvalue weighted by Gasteiger charge is -2.18. The Bertz CT molecular complexity index is 567. The van der Waals surface area contributed by atoms with E-state index in [0.29, 0.717) is 0 Å². The molecule has 0 bridgehead atoms. The normalized spacial score (nSPS) is 12.6. The first-order valence-electron chi connectivity index (χ1n) is 6.90. The molecule has 1 aromatic heterocycles. The third kappa shape index (κ3) is 3.81. The van der Waals surface area contributed by atoms with Gasteiger partial charge in [0.2, 0.25) is 0 Å². The molecule has 0 aliphatic rings. The lowest BCUT2D eigenvalue weighted by atomic mass is 10.0. The Labute approximate surface area is 128 Å². The van der Waals surface area contributed by atoms with E-state index in [4.69, 9.17) is 11.6 Å². The van der Waals surface area contributed by atoms with Crippen LogP contribution in [0.15, 0.2) is 30.3 Å². The van der Waals surface area contributed by atoms with Gasteiger partial charge in [-0.2, -0.15) is 0 Å². The lowest BCUT2D eigenvalue weighted by molar-refractivity contribution is 0.551. The van der Waals surface area contributed by atoms with Crippen molar-refractivity contribution in [3.05, 3.63) is 56.5 Å². The van der Waals surface area contributed by atoms with Gasteiger partial charge in [-0.3, -0.25) is 0 Å². The fraction of sp³-hybridized carbons (Fsp3) is 0.375. The van der Waals surface area contributed by atoms with Crippen molar-refractivity contribution in [1.29, 1.82) is 0 Å². The van der Waals surface area contributed by atoms with Crippen molar-refractivity contribution in [3.8, 4) is 0 Å². The van der Waals surface area contributed by atoms with Crippen LogP contribution in [-0.2, 0) is 12.8 Å². The van der Waals surface area contributed by atoms with E-state index in [1.807, 2.05) is 17.4 Å². The van der Waals surface area contributed by atoms with Crippen molar-refractivity contribution in [2.75, 3.05) is 6.54 Å². The number of thiophene rings is 1. The standard InChI is InChI=1S/C16H19ClFNS/c1-3-12-6-7-13(20-12)10-16(19-4-2)11-5-8-15(18)14(17)9-11/h5-9,16,19H,3-4,10H2,1-2H3. The molecule has 1 nitrogen and oxygen atoms in total. The molecule has 2 rings (SSSR count).